The molecule has 0 aliphatic rings. The summed E-state index contributed by atoms with van der Waals surface area (Å²) in [5.74, 6) is 0.475. The van der Waals surface area contributed by atoms with Crippen LogP contribution in [0.3, 0.4) is 0 Å². The standard InChI is InChI=1S/C13H14FN3O3/c1-2-10-7-16-12(20-10)8-15-6-9-4-3-5-11(13(9)14)17(18)19/h3-5,7,15H,2,6,8H2,1H3. The zero-order valence-corrected chi connectivity index (χ0v) is 10.9. The summed E-state index contributed by atoms with van der Waals surface area (Å²) < 4.78 is 19.2. The molecule has 6 nitrogen and oxygen atoms in total. The average molecular weight is 279 g/mol. The first-order valence-electron chi connectivity index (χ1n) is 6.18. The lowest BCUT2D eigenvalue weighted by Gasteiger charge is -2.04. The minimum atomic E-state index is -0.813. The SMILES string of the molecule is CCc1cnc(CNCc2cccc([N+](=O)[O-])c2F)o1. The summed E-state index contributed by atoms with van der Waals surface area (Å²) in [7, 11) is 0. The minimum Gasteiger partial charge on any atom is -0.444 e. The van der Waals surface area contributed by atoms with Crippen molar-refractivity contribution in [3.63, 3.8) is 0 Å². The highest BCUT2D eigenvalue weighted by atomic mass is 19.1. The molecule has 0 bridgehead atoms. The Morgan fingerprint density at radius 2 is 2.25 bits per heavy atom. The molecular weight excluding hydrogens is 265 g/mol. The third-order valence-corrected chi connectivity index (χ3v) is 2.80. The lowest BCUT2D eigenvalue weighted by Crippen LogP contribution is -2.14. The molecule has 0 saturated carbocycles. The molecule has 7 heteroatoms. The molecule has 2 aromatic rings. The van der Waals surface area contributed by atoms with E-state index in [4.69, 9.17) is 4.42 Å². The molecular formula is C13H14FN3O3. The Kier molecular flexibility index (Phi) is 4.41. The minimum absolute atomic E-state index is 0.164. The summed E-state index contributed by atoms with van der Waals surface area (Å²) in [4.78, 5) is 13.9. The van der Waals surface area contributed by atoms with Gasteiger partial charge in [0.2, 0.25) is 11.7 Å². The number of hydrogen-bond acceptors (Lipinski definition) is 5. The van der Waals surface area contributed by atoms with Crippen molar-refractivity contribution in [2.75, 3.05) is 0 Å². The Morgan fingerprint density at radius 3 is 2.90 bits per heavy atom. The fourth-order valence-electron chi connectivity index (χ4n) is 1.74. The third-order valence-electron chi connectivity index (χ3n) is 2.80. The quantitative estimate of drug-likeness (QED) is 0.649. The molecule has 1 aromatic carbocycles. The number of aryl methyl sites for hydroxylation is 1. The van der Waals surface area contributed by atoms with E-state index >= 15 is 0 Å². The van der Waals surface area contributed by atoms with Crippen LogP contribution in [-0.2, 0) is 19.5 Å². The van der Waals surface area contributed by atoms with Gasteiger partial charge in [-0.1, -0.05) is 19.1 Å². The van der Waals surface area contributed by atoms with Crippen LogP contribution in [0.4, 0.5) is 10.1 Å². The van der Waals surface area contributed by atoms with Crippen LogP contribution >= 0.6 is 0 Å². The highest BCUT2D eigenvalue weighted by Gasteiger charge is 2.16. The summed E-state index contributed by atoms with van der Waals surface area (Å²) in [6.07, 6.45) is 2.40. The predicted molar refractivity (Wildman–Crippen MR) is 69.5 cm³/mol. The average Bonchev–Trinajstić information content (AvgIpc) is 2.88. The maximum atomic E-state index is 13.8. The second kappa shape index (κ2) is 6.25. The van der Waals surface area contributed by atoms with Gasteiger partial charge in [0.15, 0.2) is 0 Å². The molecule has 0 unspecified atom stereocenters. The number of halogens is 1. The number of nitrogens with zero attached hydrogens (tertiary/aromatic N) is 2. The molecule has 0 radical (unpaired) electrons. The number of nitrogens with one attached hydrogen (secondary N) is 1. The van der Waals surface area contributed by atoms with E-state index in [0.717, 1.165) is 18.2 Å². The number of benzene rings is 1. The molecule has 0 amide bonds. The molecule has 1 heterocycles. The van der Waals surface area contributed by atoms with Crippen LogP contribution in [-0.4, -0.2) is 9.91 Å². The first-order chi connectivity index (χ1) is 9.61. The first-order valence-corrected chi connectivity index (χ1v) is 6.18. The Bertz CT molecular complexity index is 613. The van der Waals surface area contributed by atoms with Crippen molar-refractivity contribution in [1.82, 2.24) is 10.3 Å². The van der Waals surface area contributed by atoms with Gasteiger partial charge in [0.1, 0.15) is 5.76 Å². The van der Waals surface area contributed by atoms with Gasteiger partial charge in [-0.25, -0.2) is 4.98 Å². The van der Waals surface area contributed by atoms with Gasteiger partial charge in [0.25, 0.3) is 0 Å². The van der Waals surface area contributed by atoms with Crippen molar-refractivity contribution < 1.29 is 13.7 Å². The first kappa shape index (κ1) is 14.1. The van der Waals surface area contributed by atoms with Crippen molar-refractivity contribution in [1.29, 1.82) is 0 Å². The van der Waals surface area contributed by atoms with Gasteiger partial charge in [0, 0.05) is 24.6 Å². The lowest BCUT2D eigenvalue weighted by molar-refractivity contribution is -0.387. The summed E-state index contributed by atoms with van der Waals surface area (Å²) in [5, 5.41) is 13.6. The van der Waals surface area contributed by atoms with Crippen molar-refractivity contribution in [3.05, 3.63) is 57.5 Å². The summed E-state index contributed by atoms with van der Waals surface area (Å²) in [5.41, 5.74) is -0.282. The molecule has 20 heavy (non-hydrogen) atoms. The fraction of sp³-hybridized carbons (Fsp3) is 0.308. The summed E-state index contributed by atoms with van der Waals surface area (Å²) in [6.45, 7) is 2.45. The van der Waals surface area contributed by atoms with Crippen LogP contribution in [0.5, 0.6) is 0 Å². The fourth-order valence-corrected chi connectivity index (χ4v) is 1.74. The van der Waals surface area contributed by atoms with Crippen molar-refractivity contribution in [2.45, 2.75) is 26.4 Å². The van der Waals surface area contributed by atoms with Gasteiger partial charge >= 0.3 is 5.69 Å². The number of aromatic nitrogens is 1. The smallest absolute Gasteiger partial charge is 0.305 e. The molecule has 2 rings (SSSR count). The highest BCUT2D eigenvalue weighted by Crippen LogP contribution is 2.20. The third kappa shape index (κ3) is 3.18. The molecule has 1 aromatic heterocycles. The van der Waals surface area contributed by atoms with E-state index in [2.05, 4.69) is 10.3 Å². The van der Waals surface area contributed by atoms with E-state index in [-0.39, 0.29) is 12.1 Å². The Balaban J connectivity index is 1.97. The molecule has 0 fully saturated rings. The zero-order chi connectivity index (χ0) is 14.5. The largest absolute Gasteiger partial charge is 0.444 e. The van der Waals surface area contributed by atoms with Crippen LogP contribution in [0.2, 0.25) is 0 Å². The predicted octanol–water partition coefficient (Wildman–Crippen LogP) is 2.57. The normalized spacial score (nSPS) is 10.7. The van der Waals surface area contributed by atoms with Gasteiger partial charge in [-0.05, 0) is 0 Å². The zero-order valence-electron chi connectivity index (χ0n) is 10.9. The Labute approximate surface area is 114 Å². The van der Waals surface area contributed by atoms with Crippen LogP contribution < -0.4 is 5.32 Å². The van der Waals surface area contributed by atoms with Gasteiger partial charge in [-0.3, -0.25) is 10.1 Å². The lowest BCUT2D eigenvalue weighted by atomic mass is 10.2. The molecule has 0 atom stereocenters. The molecule has 0 aliphatic heterocycles. The number of hydrogen-bond donors (Lipinski definition) is 1. The second-order valence-corrected chi connectivity index (χ2v) is 4.18. The van der Waals surface area contributed by atoms with E-state index in [0.29, 0.717) is 12.4 Å². The monoisotopic (exact) mass is 279 g/mol. The second-order valence-electron chi connectivity index (χ2n) is 4.18. The summed E-state index contributed by atoms with van der Waals surface area (Å²) >= 11 is 0. The Hall–Kier alpha value is -2.28. The molecule has 0 aliphatic carbocycles. The van der Waals surface area contributed by atoms with Crippen LogP contribution in [0.15, 0.2) is 28.8 Å². The number of rotatable bonds is 6. The van der Waals surface area contributed by atoms with Gasteiger partial charge in [-0.2, -0.15) is 4.39 Å². The molecule has 0 saturated heterocycles. The van der Waals surface area contributed by atoms with Crippen LogP contribution in [0.25, 0.3) is 0 Å². The van der Waals surface area contributed by atoms with E-state index < -0.39 is 16.4 Å². The topological polar surface area (TPSA) is 81.2 Å². The molecule has 1 N–H and O–H groups in total. The van der Waals surface area contributed by atoms with E-state index in [1.807, 2.05) is 6.92 Å². The number of nitro benzene ring substituents is 1. The summed E-state index contributed by atoms with van der Waals surface area (Å²) in [6, 6.07) is 4.10. The van der Waals surface area contributed by atoms with Crippen molar-refractivity contribution >= 4 is 5.69 Å². The van der Waals surface area contributed by atoms with Crippen molar-refractivity contribution in [3.8, 4) is 0 Å². The van der Waals surface area contributed by atoms with Crippen LogP contribution in [0.1, 0.15) is 24.1 Å². The number of nitro groups is 1. The van der Waals surface area contributed by atoms with E-state index in [1.165, 1.54) is 12.1 Å². The maximum absolute atomic E-state index is 13.8. The molecule has 106 valence electrons. The molecule has 0 spiro atoms. The van der Waals surface area contributed by atoms with Crippen LogP contribution in [0, 0.1) is 15.9 Å². The number of oxazole rings is 1. The van der Waals surface area contributed by atoms with Crippen molar-refractivity contribution in [2.24, 2.45) is 0 Å². The highest BCUT2D eigenvalue weighted by molar-refractivity contribution is 5.36. The Morgan fingerprint density at radius 1 is 1.45 bits per heavy atom. The van der Waals surface area contributed by atoms with Gasteiger partial charge in [-0.15, -0.1) is 0 Å². The van der Waals surface area contributed by atoms with Gasteiger partial charge in [0.05, 0.1) is 17.7 Å². The van der Waals surface area contributed by atoms with Gasteiger partial charge < -0.3 is 9.73 Å². The van der Waals surface area contributed by atoms with E-state index in [9.17, 15) is 14.5 Å². The maximum Gasteiger partial charge on any atom is 0.305 e. The van der Waals surface area contributed by atoms with E-state index in [1.54, 1.807) is 6.20 Å².